The normalized spacial score (nSPS) is 16.6. The molecule has 0 heterocycles. The molecule has 0 unspecified atom stereocenters. The summed E-state index contributed by atoms with van der Waals surface area (Å²) in [7, 11) is 4.02. The van der Waals surface area contributed by atoms with Gasteiger partial charge in [0, 0.05) is 12.5 Å². The molecule has 0 bridgehead atoms. The average Bonchev–Trinajstić information content (AvgIpc) is 2.37. The van der Waals surface area contributed by atoms with Gasteiger partial charge in [-0.05, 0) is 31.6 Å². The highest BCUT2D eigenvalue weighted by Crippen LogP contribution is 2.33. The van der Waals surface area contributed by atoms with Gasteiger partial charge in [0.1, 0.15) is 0 Å². The van der Waals surface area contributed by atoms with E-state index in [9.17, 15) is 10.2 Å². The van der Waals surface area contributed by atoms with E-state index in [4.69, 9.17) is 0 Å². The SMILES string of the molecule is CC[C@](O)(c1cccc(CO)c1)[C@@H](C)CN(C)C. The van der Waals surface area contributed by atoms with Gasteiger partial charge in [-0.15, -0.1) is 0 Å². The minimum absolute atomic E-state index is 0.00962. The predicted octanol–water partition coefficient (Wildman–Crippen LogP) is 1.97. The zero-order valence-electron chi connectivity index (χ0n) is 11.8. The number of hydrogen-bond donors (Lipinski definition) is 2. The lowest BCUT2D eigenvalue weighted by atomic mass is 9.79. The topological polar surface area (TPSA) is 43.7 Å². The molecule has 0 fully saturated rings. The molecule has 0 amide bonds. The Morgan fingerprint density at radius 1 is 1.33 bits per heavy atom. The first kappa shape index (κ1) is 15.2. The number of aliphatic hydroxyl groups is 2. The van der Waals surface area contributed by atoms with Crippen molar-refractivity contribution in [3.05, 3.63) is 35.4 Å². The van der Waals surface area contributed by atoms with Gasteiger partial charge in [-0.25, -0.2) is 0 Å². The third kappa shape index (κ3) is 3.31. The molecule has 18 heavy (non-hydrogen) atoms. The Kier molecular flexibility index (Phi) is 5.32. The fraction of sp³-hybridized carbons (Fsp3) is 0.600. The van der Waals surface area contributed by atoms with E-state index >= 15 is 0 Å². The van der Waals surface area contributed by atoms with Crippen molar-refractivity contribution in [2.24, 2.45) is 5.92 Å². The number of nitrogens with zero attached hydrogens (tertiary/aromatic N) is 1. The highest BCUT2D eigenvalue weighted by molar-refractivity contribution is 5.28. The summed E-state index contributed by atoms with van der Waals surface area (Å²) in [5.74, 6) is 0.131. The molecule has 1 rings (SSSR count). The average molecular weight is 251 g/mol. The standard InChI is InChI=1S/C15H25NO2/c1-5-15(18,12(2)10-16(3)4)14-8-6-7-13(9-14)11-17/h6-9,12,17-18H,5,10-11H2,1-4H3/t12-,15+/m0/s1. The van der Waals surface area contributed by atoms with Crippen LogP contribution in [0.2, 0.25) is 0 Å². The van der Waals surface area contributed by atoms with Crippen LogP contribution in [0.3, 0.4) is 0 Å². The summed E-state index contributed by atoms with van der Waals surface area (Å²) in [5.41, 5.74) is 0.900. The summed E-state index contributed by atoms with van der Waals surface area (Å²) < 4.78 is 0. The Bertz CT molecular complexity index is 379. The molecule has 0 saturated carbocycles. The lowest BCUT2D eigenvalue weighted by molar-refractivity contribution is -0.0292. The molecule has 0 radical (unpaired) electrons. The molecule has 1 aromatic rings. The van der Waals surface area contributed by atoms with Gasteiger partial charge in [-0.3, -0.25) is 0 Å². The van der Waals surface area contributed by atoms with Crippen molar-refractivity contribution in [1.82, 2.24) is 4.90 Å². The fourth-order valence-corrected chi connectivity index (χ4v) is 2.47. The maximum Gasteiger partial charge on any atom is 0.0931 e. The van der Waals surface area contributed by atoms with Crippen LogP contribution in [0.1, 0.15) is 31.4 Å². The van der Waals surface area contributed by atoms with Crippen LogP contribution in [-0.2, 0) is 12.2 Å². The van der Waals surface area contributed by atoms with E-state index in [0.29, 0.717) is 6.42 Å². The fourth-order valence-electron chi connectivity index (χ4n) is 2.47. The van der Waals surface area contributed by atoms with Crippen LogP contribution < -0.4 is 0 Å². The molecule has 3 heteroatoms. The van der Waals surface area contributed by atoms with Gasteiger partial charge < -0.3 is 15.1 Å². The molecule has 1 aromatic carbocycles. The molecule has 0 aliphatic carbocycles. The van der Waals surface area contributed by atoms with Gasteiger partial charge in [0.15, 0.2) is 0 Å². The van der Waals surface area contributed by atoms with Crippen LogP contribution in [0.5, 0.6) is 0 Å². The second kappa shape index (κ2) is 6.32. The second-order valence-electron chi connectivity index (χ2n) is 5.30. The lowest BCUT2D eigenvalue weighted by Crippen LogP contribution is -2.38. The Morgan fingerprint density at radius 3 is 2.50 bits per heavy atom. The third-order valence-corrected chi connectivity index (χ3v) is 3.60. The van der Waals surface area contributed by atoms with Crippen LogP contribution in [0, 0.1) is 5.92 Å². The molecule has 0 saturated heterocycles. The third-order valence-electron chi connectivity index (χ3n) is 3.60. The van der Waals surface area contributed by atoms with E-state index in [0.717, 1.165) is 17.7 Å². The van der Waals surface area contributed by atoms with Crippen LogP contribution in [-0.4, -0.2) is 35.8 Å². The van der Waals surface area contributed by atoms with E-state index in [-0.39, 0.29) is 12.5 Å². The Labute approximate surface area is 110 Å². The van der Waals surface area contributed by atoms with Crippen molar-refractivity contribution in [2.75, 3.05) is 20.6 Å². The van der Waals surface area contributed by atoms with Gasteiger partial charge in [0.2, 0.25) is 0 Å². The zero-order valence-corrected chi connectivity index (χ0v) is 11.8. The summed E-state index contributed by atoms with van der Waals surface area (Å²) in [4.78, 5) is 2.08. The highest BCUT2D eigenvalue weighted by atomic mass is 16.3. The summed E-state index contributed by atoms with van der Waals surface area (Å²) in [5, 5.41) is 20.1. The summed E-state index contributed by atoms with van der Waals surface area (Å²) >= 11 is 0. The van der Waals surface area contributed by atoms with Crippen molar-refractivity contribution in [2.45, 2.75) is 32.5 Å². The summed E-state index contributed by atoms with van der Waals surface area (Å²) in [6.07, 6.45) is 0.664. The van der Waals surface area contributed by atoms with Crippen molar-refractivity contribution in [3.63, 3.8) is 0 Å². The molecule has 3 nitrogen and oxygen atoms in total. The number of hydrogen-bond acceptors (Lipinski definition) is 3. The van der Waals surface area contributed by atoms with Crippen LogP contribution in [0.4, 0.5) is 0 Å². The number of aliphatic hydroxyl groups excluding tert-OH is 1. The minimum atomic E-state index is -0.838. The molecule has 102 valence electrons. The van der Waals surface area contributed by atoms with Crippen molar-refractivity contribution < 1.29 is 10.2 Å². The molecule has 0 aliphatic rings. The lowest BCUT2D eigenvalue weighted by Gasteiger charge is -2.35. The number of rotatable bonds is 6. The number of benzene rings is 1. The van der Waals surface area contributed by atoms with Crippen molar-refractivity contribution in [1.29, 1.82) is 0 Å². The first-order valence-corrected chi connectivity index (χ1v) is 6.51. The molecule has 0 aliphatic heterocycles. The zero-order chi connectivity index (χ0) is 13.8. The van der Waals surface area contributed by atoms with E-state index in [1.54, 1.807) is 0 Å². The molecule has 0 spiro atoms. The largest absolute Gasteiger partial charge is 0.392 e. The van der Waals surface area contributed by atoms with Gasteiger partial charge in [0.05, 0.1) is 12.2 Å². The molecule has 2 N–H and O–H groups in total. The van der Waals surface area contributed by atoms with Crippen molar-refractivity contribution in [3.8, 4) is 0 Å². The van der Waals surface area contributed by atoms with Crippen LogP contribution in [0.25, 0.3) is 0 Å². The highest BCUT2D eigenvalue weighted by Gasteiger charge is 2.34. The predicted molar refractivity (Wildman–Crippen MR) is 74.3 cm³/mol. The van der Waals surface area contributed by atoms with E-state index in [1.807, 2.05) is 45.3 Å². The van der Waals surface area contributed by atoms with Gasteiger partial charge in [-0.2, -0.15) is 0 Å². The monoisotopic (exact) mass is 251 g/mol. The Morgan fingerprint density at radius 2 is 2.00 bits per heavy atom. The maximum absolute atomic E-state index is 10.9. The molecular weight excluding hydrogens is 226 g/mol. The molecular formula is C15H25NO2. The maximum atomic E-state index is 10.9. The van der Waals surface area contributed by atoms with E-state index < -0.39 is 5.60 Å². The Balaban J connectivity index is 3.05. The van der Waals surface area contributed by atoms with E-state index in [2.05, 4.69) is 11.8 Å². The first-order chi connectivity index (χ1) is 8.43. The quantitative estimate of drug-likeness (QED) is 0.812. The van der Waals surface area contributed by atoms with Gasteiger partial charge >= 0.3 is 0 Å². The van der Waals surface area contributed by atoms with Gasteiger partial charge in [-0.1, -0.05) is 38.1 Å². The minimum Gasteiger partial charge on any atom is -0.392 e. The van der Waals surface area contributed by atoms with Crippen LogP contribution in [0.15, 0.2) is 24.3 Å². The molecule has 2 atom stereocenters. The second-order valence-corrected chi connectivity index (χ2v) is 5.30. The summed E-state index contributed by atoms with van der Waals surface area (Å²) in [6, 6.07) is 7.60. The molecule has 0 aromatic heterocycles. The van der Waals surface area contributed by atoms with Crippen molar-refractivity contribution >= 4 is 0 Å². The van der Waals surface area contributed by atoms with Crippen LogP contribution >= 0.6 is 0 Å². The smallest absolute Gasteiger partial charge is 0.0931 e. The first-order valence-electron chi connectivity index (χ1n) is 6.51. The van der Waals surface area contributed by atoms with Gasteiger partial charge in [0.25, 0.3) is 0 Å². The van der Waals surface area contributed by atoms with E-state index in [1.165, 1.54) is 0 Å². The summed E-state index contributed by atoms with van der Waals surface area (Å²) in [6.45, 7) is 4.90. The Hall–Kier alpha value is -0.900.